The normalized spacial score (nSPS) is 38.8. The van der Waals surface area contributed by atoms with E-state index >= 15 is 0 Å². The third-order valence-electron chi connectivity index (χ3n) is 2.63. The number of ether oxygens (including phenoxy) is 1. The van der Waals surface area contributed by atoms with Crippen molar-refractivity contribution in [3.8, 4) is 0 Å². The van der Waals surface area contributed by atoms with Gasteiger partial charge in [0.25, 0.3) is 11.8 Å². The number of aliphatic hydroxyl groups is 3. The third-order valence-corrected chi connectivity index (χ3v) is 2.63. The number of hydrogen-bond acceptors (Lipinski definition) is 6. The summed E-state index contributed by atoms with van der Waals surface area (Å²) in [4.78, 5) is 22.2. The van der Waals surface area contributed by atoms with Crippen molar-refractivity contribution in [3.05, 3.63) is 11.6 Å². The summed E-state index contributed by atoms with van der Waals surface area (Å²) in [5, 5.41) is 29.9. The number of carbonyl (C=O) groups excluding carboxylic acids is 2. The van der Waals surface area contributed by atoms with E-state index in [-0.39, 0.29) is 5.57 Å². The number of hydrogen-bond donors (Lipinski definition) is 4. The van der Waals surface area contributed by atoms with Gasteiger partial charge in [-0.3, -0.25) is 14.9 Å². The van der Waals surface area contributed by atoms with E-state index in [1.54, 1.807) is 0 Å². The van der Waals surface area contributed by atoms with Gasteiger partial charge in [0.1, 0.15) is 24.4 Å². The van der Waals surface area contributed by atoms with Gasteiger partial charge in [0.15, 0.2) is 0 Å². The van der Waals surface area contributed by atoms with Gasteiger partial charge in [0, 0.05) is 6.08 Å². The molecule has 2 amide bonds. The molecule has 0 aromatic carbocycles. The molecule has 2 rings (SSSR count). The van der Waals surface area contributed by atoms with E-state index in [0.717, 1.165) is 6.08 Å². The molecule has 2 aliphatic heterocycles. The molecule has 4 N–H and O–H groups in total. The average molecular weight is 229 g/mol. The van der Waals surface area contributed by atoms with Gasteiger partial charge in [-0.1, -0.05) is 0 Å². The van der Waals surface area contributed by atoms with Crippen LogP contribution >= 0.6 is 0 Å². The molecule has 2 heterocycles. The van der Waals surface area contributed by atoms with Crippen LogP contribution in [-0.4, -0.2) is 58.2 Å². The van der Waals surface area contributed by atoms with Crippen molar-refractivity contribution in [2.45, 2.75) is 24.4 Å². The summed E-state index contributed by atoms with van der Waals surface area (Å²) in [6.45, 7) is -0.475. The Kier molecular flexibility index (Phi) is 2.76. The zero-order valence-corrected chi connectivity index (χ0v) is 8.16. The number of imide groups is 1. The first-order valence-electron chi connectivity index (χ1n) is 4.74. The predicted molar refractivity (Wildman–Crippen MR) is 49.0 cm³/mol. The molecule has 0 aromatic heterocycles. The lowest BCUT2D eigenvalue weighted by Crippen LogP contribution is -2.36. The summed E-state index contributed by atoms with van der Waals surface area (Å²) in [6, 6.07) is 0. The zero-order chi connectivity index (χ0) is 11.9. The standard InChI is InChI=1S/C9H11NO6/c11-2-4-6(13)7(14)8(16-4)3-1-5(12)10-9(3)15/h1,4,6-8,11,13-14H,2H2,(H,10,12,15)/t4-,6?,7+,8+/m1/s1. The molecule has 0 aliphatic carbocycles. The fraction of sp³-hybridized carbons (Fsp3) is 0.556. The largest absolute Gasteiger partial charge is 0.394 e. The minimum atomic E-state index is -1.33. The van der Waals surface area contributed by atoms with Crippen molar-refractivity contribution in [2.75, 3.05) is 6.61 Å². The van der Waals surface area contributed by atoms with Crippen LogP contribution in [0.4, 0.5) is 0 Å². The number of amides is 2. The van der Waals surface area contributed by atoms with Gasteiger partial charge in [-0.15, -0.1) is 0 Å². The Hall–Kier alpha value is -1.28. The quantitative estimate of drug-likeness (QED) is 0.376. The smallest absolute Gasteiger partial charge is 0.256 e. The molecule has 1 fully saturated rings. The highest BCUT2D eigenvalue weighted by atomic mass is 16.6. The van der Waals surface area contributed by atoms with E-state index in [1.807, 2.05) is 5.32 Å². The molecule has 1 unspecified atom stereocenters. The molecule has 7 heteroatoms. The van der Waals surface area contributed by atoms with Gasteiger partial charge < -0.3 is 20.1 Å². The molecule has 88 valence electrons. The fourth-order valence-electron chi connectivity index (χ4n) is 1.79. The molecule has 1 saturated heterocycles. The maximum atomic E-state index is 11.3. The lowest BCUT2D eigenvalue weighted by atomic mass is 10.0. The van der Waals surface area contributed by atoms with E-state index in [0.29, 0.717) is 0 Å². The van der Waals surface area contributed by atoms with Crippen molar-refractivity contribution in [1.82, 2.24) is 5.32 Å². The molecular weight excluding hydrogens is 218 g/mol. The summed E-state index contributed by atoms with van der Waals surface area (Å²) in [5.41, 5.74) is -0.0347. The van der Waals surface area contributed by atoms with Crippen LogP contribution in [0.1, 0.15) is 0 Å². The van der Waals surface area contributed by atoms with E-state index < -0.39 is 42.8 Å². The van der Waals surface area contributed by atoms with Crippen LogP contribution in [0, 0.1) is 0 Å². The molecule has 2 aliphatic rings. The Bertz CT molecular complexity index is 365. The van der Waals surface area contributed by atoms with E-state index in [2.05, 4.69) is 0 Å². The van der Waals surface area contributed by atoms with Gasteiger partial charge in [-0.25, -0.2) is 0 Å². The molecule has 0 radical (unpaired) electrons. The summed E-state index contributed by atoms with van der Waals surface area (Å²) in [5.74, 6) is -1.24. The van der Waals surface area contributed by atoms with Crippen LogP contribution in [0.5, 0.6) is 0 Å². The number of rotatable bonds is 2. The molecule has 0 aromatic rings. The highest BCUT2D eigenvalue weighted by Crippen LogP contribution is 2.27. The Balaban J connectivity index is 2.20. The van der Waals surface area contributed by atoms with Crippen molar-refractivity contribution in [1.29, 1.82) is 0 Å². The second kappa shape index (κ2) is 3.95. The summed E-state index contributed by atoms with van der Waals surface area (Å²) in [6.07, 6.45) is -3.63. The maximum Gasteiger partial charge on any atom is 0.256 e. The molecule has 7 nitrogen and oxygen atoms in total. The van der Waals surface area contributed by atoms with Crippen LogP contribution in [0.15, 0.2) is 11.6 Å². The van der Waals surface area contributed by atoms with Crippen molar-refractivity contribution < 1.29 is 29.6 Å². The maximum absolute atomic E-state index is 11.3. The van der Waals surface area contributed by atoms with Gasteiger partial charge in [-0.05, 0) is 0 Å². The second-order valence-electron chi connectivity index (χ2n) is 3.68. The van der Waals surface area contributed by atoms with E-state index in [9.17, 15) is 19.8 Å². The highest BCUT2D eigenvalue weighted by Gasteiger charge is 2.46. The lowest BCUT2D eigenvalue weighted by molar-refractivity contribution is -0.124. The first-order valence-corrected chi connectivity index (χ1v) is 4.74. The summed E-state index contributed by atoms with van der Waals surface area (Å²) >= 11 is 0. The Morgan fingerprint density at radius 1 is 1.31 bits per heavy atom. The minimum absolute atomic E-state index is 0.0347. The van der Waals surface area contributed by atoms with Gasteiger partial charge in [-0.2, -0.15) is 0 Å². The molecular formula is C9H11NO6. The van der Waals surface area contributed by atoms with Crippen LogP contribution in [0.25, 0.3) is 0 Å². The summed E-state index contributed by atoms with van der Waals surface area (Å²) in [7, 11) is 0. The monoisotopic (exact) mass is 229 g/mol. The Morgan fingerprint density at radius 3 is 2.44 bits per heavy atom. The highest BCUT2D eigenvalue weighted by molar-refractivity contribution is 6.16. The molecule has 0 saturated carbocycles. The topological polar surface area (TPSA) is 116 Å². The first kappa shape index (κ1) is 11.2. The number of nitrogens with one attached hydrogen (secondary N) is 1. The molecule has 4 atom stereocenters. The van der Waals surface area contributed by atoms with E-state index in [1.165, 1.54) is 0 Å². The van der Waals surface area contributed by atoms with Crippen molar-refractivity contribution in [2.24, 2.45) is 0 Å². The second-order valence-corrected chi connectivity index (χ2v) is 3.68. The molecule has 0 bridgehead atoms. The third kappa shape index (κ3) is 1.63. The number of carbonyl (C=O) groups is 2. The number of aliphatic hydroxyl groups excluding tert-OH is 3. The molecule has 0 spiro atoms. The average Bonchev–Trinajstić information content (AvgIpc) is 2.70. The zero-order valence-electron chi connectivity index (χ0n) is 8.16. The van der Waals surface area contributed by atoms with Gasteiger partial charge in [0.2, 0.25) is 0 Å². The Morgan fingerprint density at radius 2 is 2.00 bits per heavy atom. The summed E-state index contributed by atoms with van der Waals surface area (Å²) < 4.78 is 5.11. The van der Waals surface area contributed by atoms with Crippen molar-refractivity contribution >= 4 is 11.8 Å². The van der Waals surface area contributed by atoms with Gasteiger partial charge >= 0.3 is 0 Å². The SMILES string of the molecule is O=C1C=C([C@@H]2O[C@H](CO)C(O)[C@@H]2O)C(=O)N1. The van der Waals surface area contributed by atoms with Gasteiger partial charge in [0.05, 0.1) is 12.2 Å². The van der Waals surface area contributed by atoms with Crippen LogP contribution in [-0.2, 0) is 14.3 Å². The van der Waals surface area contributed by atoms with E-state index in [4.69, 9.17) is 9.84 Å². The predicted octanol–water partition coefficient (Wildman–Crippen LogP) is -2.95. The van der Waals surface area contributed by atoms with Crippen LogP contribution in [0.2, 0.25) is 0 Å². The lowest BCUT2D eigenvalue weighted by Gasteiger charge is -2.13. The fourth-order valence-corrected chi connectivity index (χ4v) is 1.79. The minimum Gasteiger partial charge on any atom is -0.394 e. The molecule has 16 heavy (non-hydrogen) atoms. The van der Waals surface area contributed by atoms with Crippen LogP contribution < -0.4 is 5.32 Å². The van der Waals surface area contributed by atoms with Crippen LogP contribution in [0.3, 0.4) is 0 Å². The first-order chi connectivity index (χ1) is 7.54. The Labute approximate surface area is 90.3 Å². The van der Waals surface area contributed by atoms with Crippen molar-refractivity contribution in [3.63, 3.8) is 0 Å².